The van der Waals surface area contributed by atoms with Crippen LogP contribution in [-0.4, -0.2) is 46.3 Å². The molecule has 1 N–H and O–H groups in total. The van der Waals surface area contributed by atoms with Gasteiger partial charge in [-0.05, 0) is 61.7 Å². The van der Waals surface area contributed by atoms with Gasteiger partial charge in [-0.25, -0.2) is 4.98 Å². The summed E-state index contributed by atoms with van der Waals surface area (Å²) in [4.78, 5) is 45.2. The smallest absolute Gasteiger partial charge is 0.256 e. The highest BCUT2D eigenvalue weighted by Gasteiger charge is 2.23. The van der Waals surface area contributed by atoms with Gasteiger partial charge in [-0.1, -0.05) is 52.0 Å². The van der Waals surface area contributed by atoms with Crippen molar-refractivity contribution in [2.24, 2.45) is 0 Å². The molecule has 1 aliphatic rings. The van der Waals surface area contributed by atoms with Crippen LogP contribution in [0.25, 0.3) is 10.2 Å². The molecule has 0 spiro atoms. The van der Waals surface area contributed by atoms with Crippen LogP contribution < -0.4 is 5.32 Å². The zero-order valence-corrected chi connectivity index (χ0v) is 23.1. The van der Waals surface area contributed by atoms with E-state index in [4.69, 9.17) is 0 Å². The van der Waals surface area contributed by atoms with Gasteiger partial charge in [-0.15, -0.1) is 11.3 Å². The molecule has 1 aliphatic heterocycles. The molecule has 37 heavy (non-hydrogen) atoms. The lowest BCUT2D eigenvalue weighted by Gasteiger charge is -2.27. The van der Waals surface area contributed by atoms with E-state index in [1.54, 1.807) is 42.5 Å². The van der Waals surface area contributed by atoms with E-state index in [2.05, 4.69) is 26.2 Å². The van der Waals surface area contributed by atoms with Gasteiger partial charge in [0.1, 0.15) is 0 Å². The lowest BCUT2D eigenvalue weighted by atomic mass is 10.0. The quantitative estimate of drug-likeness (QED) is 0.186. The number of halogens is 1. The fourth-order valence-corrected chi connectivity index (χ4v) is 6.49. The molecule has 6 nitrogen and oxygen atoms in total. The van der Waals surface area contributed by atoms with Crippen LogP contribution in [0.15, 0.2) is 75.5 Å². The number of aromatic nitrogens is 1. The molecule has 3 aromatic carbocycles. The van der Waals surface area contributed by atoms with Gasteiger partial charge in [0, 0.05) is 28.8 Å². The van der Waals surface area contributed by atoms with E-state index in [9.17, 15) is 14.4 Å². The molecular weight excluding hydrogens is 570 g/mol. The van der Waals surface area contributed by atoms with Crippen LogP contribution in [0.5, 0.6) is 0 Å². The summed E-state index contributed by atoms with van der Waals surface area (Å²) >= 11 is 6.27. The van der Waals surface area contributed by atoms with Crippen molar-refractivity contribution in [3.05, 3.63) is 87.9 Å². The summed E-state index contributed by atoms with van der Waals surface area (Å²) in [6.07, 6.45) is 3.12. The minimum absolute atomic E-state index is 0.0440. The second-order valence-corrected chi connectivity index (χ2v) is 11.9. The summed E-state index contributed by atoms with van der Waals surface area (Å²) in [6.45, 7) is 1.46. The van der Waals surface area contributed by atoms with Crippen molar-refractivity contribution in [2.75, 3.05) is 24.2 Å². The average molecular weight is 595 g/mol. The highest BCUT2D eigenvalue weighted by molar-refractivity contribution is 9.10. The van der Waals surface area contributed by atoms with Crippen molar-refractivity contribution in [3.8, 4) is 0 Å². The molecule has 5 rings (SSSR count). The molecule has 4 aromatic rings. The third-order valence-electron chi connectivity index (χ3n) is 6.16. The van der Waals surface area contributed by atoms with Crippen LogP contribution in [0.4, 0.5) is 5.69 Å². The zero-order chi connectivity index (χ0) is 25.8. The molecule has 2 amide bonds. The highest BCUT2D eigenvalue weighted by Crippen LogP contribution is 2.32. The number of likely N-dealkylation sites (tertiary alicyclic amines) is 1. The van der Waals surface area contributed by atoms with Crippen molar-refractivity contribution in [3.63, 3.8) is 0 Å². The van der Waals surface area contributed by atoms with E-state index in [1.165, 1.54) is 23.1 Å². The highest BCUT2D eigenvalue weighted by atomic mass is 79.9. The lowest BCUT2D eigenvalue weighted by molar-refractivity contribution is 0.0720. The fourth-order valence-electron chi connectivity index (χ4n) is 4.22. The Balaban J connectivity index is 1.27. The number of thiazole rings is 1. The maximum absolute atomic E-state index is 13.2. The Bertz CT molecular complexity index is 1460. The number of amides is 2. The van der Waals surface area contributed by atoms with E-state index in [0.717, 1.165) is 51.4 Å². The van der Waals surface area contributed by atoms with Crippen LogP contribution in [0.3, 0.4) is 0 Å². The van der Waals surface area contributed by atoms with Crippen LogP contribution in [-0.2, 0) is 0 Å². The summed E-state index contributed by atoms with van der Waals surface area (Å²) < 4.78 is 2.64. The normalized spacial score (nSPS) is 13.5. The lowest BCUT2D eigenvalue weighted by Crippen LogP contribution is -2.36. The number of nitrogens with zero attached hydrogens (tertiary/aromatic N) is 2. The topological polar surface area (TPSA) is 79.4 Å². The van der Waals surface area contributed by atoms with Crippen LogP contribution in [0.1, 0.15) is 50.3 Å². The molecule has 2 heterocycles. The molecule has 188 valence electrons. The van der Waals surface area contributed by atoms with E-state index < -0.39 is 0 Å². The second-order valence-electron chi connectivity index (χ2n) is 8.73. The van der Waals surface area contributed by atoms with Gasteiger partial charge in [-0.3, -0.25) is 14.4 Å². The van der Waals surface area contributed by atoms with Crippen molar-refractivity contribution in [1.82, 2.24) is 9.88 Å². The number of thioether (sulfide) groups is 1. The van der Waals surface area contributed by atoms with Crippen molar-refractivity contribution < 1.29 is 14.4 Å². The first-order valence-electron chi connectivity index (χ1n) is 12.0. The third kappa shape index (κ3) is 6.11. The molecule has 0 unspecified atom stereocenters. The van der Waals surface area contributed by atoms with Gasteiger partial charge in [0.15, 0.2) is 10.1 Å². The second kappa shape index (κ2) is 11.6. The molecule has 1 saturated heterocycles. The first-order valence-corrected chi connectivity index (χ1v) is 14.6. The van der Waals surface area contributed by atoms with Gasteiger partial charge in [0.05, 0.1) is 27.1 Å². The number of ketones is 1. The number of carbonyl (C=O) groups is 3. The molecular formula is C28H24BrN3O3S2. The van der Waals surface area contributed by atoms with Crippen LogP contribution >= 0.6 is 39.0 Å². The number of hydrogen-bond donors (Lipinski definition) is 1. The van der Waals surface area contributed by atoms with Gasteiger partial charge >= 0.3 is 0 Å². The summed E-state index contributed by atoms with van der Waals surface area (Å²) in [7, 11) is 0. The first kappa shape index (κ1) is 25.6. The Labute approximate surface area is 231 Å². The number of rotatable bonds is 7. The standard InChI is InChI=1S/C28H24BrN3O3S2/c29-19-10-8-18(9-11-19)24(33)17-36-28-31-23-13-12-20(16-25(23)37-28)30-26(34)21-6-2-3-7-22(21)27(35)32-14-4-1-5-15-32/h2-3,6-13,16H,1,4-5,14-15,17H2,(H,30,34). The first-order chi connectivity index (χ1) is 18.0. The molecule has 0 atom stereocenters. The third-order valence-corrected chi connectivity index (χ3v) is 8.85. The predicted octanol–water partition coefficient (Wildman–Crippen LogP) is 6.91. The number of anilines is 1. The molecule has 1 aromatic heterocycles. The number of piperidine rings is 1. The number of carbonyl (C=O) groups excluding carboxylic acids is 3. The van der Waals surface area contributed by atoms with E-state index in [1.807, 2.05) is 29.2 Å². The number of hydrogen-bond acceptors (Lipinski definition) is 6. The SMILES string of the molecule is O=C(CSc1nc2ccc(NC(=O)c3ccccc3C(=O)N3CCCCC3)cc2s1)c1ccc(Br)cc1. The summed E-state index contributed by atoms with van der Waals surface area (Å²) in [6, 6.07) is 19.8. The summed E-state index contributed by atoms with van der Waals surface area (Å²) in [5.41, 5.74) is 2.90. The molecule has 0 radical (unpaired) electrons. The van der Waals surface area contributed by atoms with E-state index in [-0.39, 0.29) is 17.6 Å². The minimum Gasteiger partial charge on any atom is -0.339 e. The average Bonchev–Trinajstić information content (AvgIpc) is 3.34. The Morgan fingerprint density at radius 2 is 1.68 bits per heavy atom. The largest absolute Gasteiger partial charge is 0.339 e. The predicted molar refractivity (Wildman–Crippen MR) is 153 cm³/mol. The van der Waals surface area contributed by atoms with Crippen molar-refractivity contribution in [2.45, 2.75) is 23.6 Å². The minimum atomic E-state index is -0.320. The van der Waals surface area contributed by atoms with Crippen LogP contribution in [0.2, 0.25) is 0 Å². The van der Waals surface area contributed by atoms with Crippen molar-refractivity contribution in [1.29, 1.82) is 0 Å². The van der Waals surface area contributed by atoms with E-state index >= 15 is 0 Å². The van der Waals surface area contributed by atoms with Crippen molar-refractivity contribution >= 4 is 72.5 Å². The maximum atomic E-state index is 13.2. The molecule has 0 saturated carbocycles. The van der Waals surface area contributed by atoms with Gasteiger partial charge in [0.25, 0.3) is 11.8 Å². The molecule has 9 heteroatoms. The summed E-state index contributed by atoms with van der Waals surface area (Å²) in [5, 5.41) is 2.94. The number of Topliss-reactive ketones (excluding diaryl/α,β-unsaturated/α-hetero) is 1. The Hall–Kier alpha value is -3.01. The zero-order valence-electron chi connectivity index (χ0n) is 19.9. The molecule has 1 fully saturated rings. The van der Waals surface area contributed by atoms with Crippen LogP contribution in [0, 0.1) is 0 Å². The Morgan fingerprint density at radius 3 is 2.43 bits per heavy atom. The molecule has 0 bridgehead atoms. The van der Waals surface area contributed by atoms with Gasteiger partial charge in [0.2, 0.25) is 0 Å². The molecule has 0 aliphatic carbocycles. The number of nitrogens with one attached hydrogen (secondary N) is 1. The van der Waals surface area contributed by atoms with E-state index in [0.29, 0.717) is 28.1 Å². The van der Waals surface area contributed by atoms with Gasteiger partial charge < -0.3 is 10.2 Å². The number of fused-ring (bicyclic) bond motifs is 1. The monoisotopic (exact) mass is 593 g/mol. The Morgan fingerprint density at radius 1 is 0.946 bits per heavy atom. The summed E-state index contributed by atoms with van der Waals surface area (Å²) in [5.74, 6) is -0.0722. The Kier molecular flexibility index (Phi) is 8.02. The fraction of sp³-hybridized carbons (Fsp3) is 0.214. The maximum Gasteiger partial charge on any atom is 0.256 e. The van der Waals surface area contributed by atoms with Gasteiger partial charge in [-0.2, -0.15) is 0 Å². The number of benzene rings is 3.